The molecule has 3 aromatic rings. The molecule has 4 rings (SSSR count). The summed E-state index contributed by atoms with van der Waals surface area (Å²) in [5, 5.41) is 22.5. The maximum Gasteiger partial charge on any atom is 0.295 e. The number of carbonyl (C=O) groups excluding carboxylic acids is 2. The third-order valence-corrected chi connectivity index (χ3v) is 6.50. The van der Waals surface area contributed by atoms with E-state index in [2.05, 4.69) is 20.8 Å². The summed E-state index contributed by atoms with van der Waals surface area (Å²) in [5.41, 5.74) is 2.01. The standard InChI is InChI=1S/C29H28N2O6/c1-29(2,3)21-14-12-18(13-15-21)25-24(26(32)19-9-7-10-22(16-19)31(35)36)27(33)28(34)30(25)17-20-8-5-6-11-23(20)37-4/h5-16,25,32H,17H2,1-4H3/b26-24-. The fourth-order valence-electron chi connectivity index (χ4n) is 4.49. The van der Waals surface area contributed by atoms with Crippen molar-refractivity contribution in [2.75, 3.05) is 7.11 Å². The van der Waals surface area contributed by atoms with Gasteiger partial charge in [-0.05, 0) is 22.6 Å². The Morgan fingerprint density at radius 3 is 2.32 bits per heavy atom. The number of non-ortho nitro benzene ring substituents is 1. The van der Waals surface area contributed by atoms with E-state index in [9.17, 15) is 24.8 Å². The van der Waals surface area contributed by atoms with Gasteiger partial charge >= 0.3 is 0 Å². The first-order valence-corrected chi connectivity index (χ1v) is 11.8. The number of amides is 1. The predicted octanol–water partition coefficient (Wildman–Crippen LogP) is 5.52. The molecule has 1 fully saturated rings. The van der Waals surface area contributed by atoms with Gasteiger partial charge in [-0.25, -0.2) is 0 Å². The molecule has 0 aliphatic carbocycles. The van der Waals surface area contributed by atoms with E-state index < -0.39 is 28.4 Å². The van der Waals surface area contributed by atoms with Crippen molar-refractivity contribution in [1.82, 2.24) is 4.90 Å². The van der Waals surface area contributed by atoms with E-state index in [0.29, 0.717) is 16.9 Å². The second kappa shape index (κ2) is 9.89. The average Bonchev–Trinajstić information content (AvgIpc) is 3.13. The van der Waals surface area contributed by atoms with Crippen molar-refractivity contribution >= 4 is 23.1 Å². The number of ether oxygens (including phenoxy) is 1. The van der Waals surface area contributed by atoms with E-state index in [1.54, 1.807) is 12.1 Å². The number of hydrogen-bond acceptors (Lipinski definition) is 6. The fraction of sp³-hybridized carbons (Fsp3) is 0.241. The van der Waals surface area contributed by atoms with Crippen molar-refractivity contribution in [2.24, 2.45) is 0 Å². The zero-order chi connectivity index (χ0) is 26.9. The van der Waals surface area contributed by atoms with Crippen LogP contribution in [0, 0.1) is 10.1 Å². The lowest BCUT2D eigenvalue weighted by molar-refractivity contribution is -0.384. The van der Waals surface area contributed by atoms with Crippen LogP contribution in [-0.4, -0.2) is 33.7 Å². The topological polar surface area (TPSA) is 110 Å². The second-order valence-corrected chi connectivity index (χ2v) is 9.92. The highest BCUT2D eigenvalue weighted by molar-refractivity contribution is 6.46. The Kier molecular flexibility index (Phi) is 6.85. The van der Waals surface area contributed by atoms with Crippen LogP contribution in [-0.2, 0) is 21.5 Å². The number of nitrogens with zero attached hydrogens (tertiary/aromatic N) is 2. The maximum atomic E-state index is 13.3. The van der Waals surface area contributed by atoms with Crippen LogP contribution in [0.25, 0.3) is 5.76 Å². The largest absolute Gasteiger partial charge is 0.507 e. The van der Waals surface area contributed by atoms with Crippen molar-refractivity contribution in [3.05, 3.63) is 111 Å². The number of nitro benzene ring substituents is 1. The lowest BCUT2D eigenvalue weighted by atomic mass is 9.85. The molecule has 3 aromatic carbocycles. The number of aliphatic hydroxyl groups excluding tert-OH is 1. The van der Waals surface area contributed by atoms with Gasteiger partial charge in [0.25, 0.3) is 17.4 Å². The Bertz CT molecular complexity index is 1400. The average molecular weight is 501 g/mol. The third kappa shape index (κ3) is 4.95. The van der Waals surface area contributed by atoms with E-state index in [4.69, 9.17) is 4.74 Å². The molecule has 0 bridgehead atoms. The van der Waals surface area contributed by atoms with Gasteiger partial charge < -0.3 is 14.7 Å². The van der Waals surface area contributed by atoms with Crippen LogP contribution < -0.4 is 4.74 Å². The first-order valence-electron chi connectivity index (χ1n) is 11.8. The number of benzene rings is 3. The van der Waals surface area contributed by atoms with Gasteiger partial charge in [-0.2, -0.15) is 0 Å². The van der Waals surface area contributed by atoms with Crippen molar-refractivity contribution < 1.29 is 24.4 Å². The van der Waals surface area contributed by atoms with Crippen LogP contribution in [0.1, 0.15) is 49.1 Å². The van der Waals surface area contributed by atoms with Crippen LogP contribution >= 0.6 is 0 Å². The smallest absolute Gasteiger partial charge is 0.295 e. The van der Waals surface area contributed by atoms with E-state index in [1.807, 2.05) is 36.4 Å². The number of likely N-dealkylation sites (tertiary alicyclic amines) is 1. The van der Waals surface area contributed by atoms with E-state index in [0.717, 1.165) is 5.56 Å². The molecule has 0 spiro atoms. The summed E-state index contributed by atoms with van der Waals surface area (Å²) >= 11 is 0. The molecule has 0 aromatic heterocycles. The summed E-state index contributed by atoms with van der Waals surface area (Å²) in [6, 6.07) is 19.2. The number of para-hydroxylation sites is 1. The molecular weight excluding hydrogens is 472 g/mol. The van der Waals surface area contributed by atoms with Gasteiger partial charge in [0.2, 0.25) is 0 Å². The summed E-state index contributed by atoms with van der Waals surface area (Å²) in [4.78, 5) is 38.8. The van der Waals surface area contributed by atoms with Crippen molar-refractivity contribution in [1.29, 1.82) is 0 Å². The van der Waals surface area contributed by atoms with Crippen LogP contribution in [0.15, 0.2) is 78.4 Å². The monoisotopic (exact) mass is 500 g/mol. The van der Waals surface area contributed by atoms with Crippen LogP contribution in [0.2, 0.25) is 0 Å². The number of methoxy groups -OCH3 is 1. The minimum absolute atomic E-state index is 0.0615. The third-order valence-electron chi connectivity index (χ3n) is 6.50. The highest BCUT2D eigenvalue weighted by Gasteiger charge is 2.46. The first-order chi connectivity index (χ1) is 17.5. The fourth-order valence-corrected chi connectivity index (χ4v) is 4.49. The number of ketones is 1. The predicted molar refractivity (Wildman–Crippen MR) is 139 cm³/mol. The molecule has 1 atom stereocenters. The number of Topliss-reactive ketones (excluding diaryl/α,β-unsaturated/α-hetero) is 1. The Morgan fingerprint density at radius 2 is 1.70 bits per heavy atom. The molecule has 37 heavy (non-hydrogen) atoms. The normalized spacial score (nSPS) is 17.2. The number of rotatable bonds is 6. The Labute approximate surface area is 215 Å². The molecule has 8 heteroatoms. The van der Waals surface area contributed by atoms with Crippen LogP contribution in [0.4, 0.5) is 5.69 Å². The molecule has 1 aliphatic rings. The Hall–Kier alpha value is -4.46. The molecule has 0 radical (unpaired) electrons. The number of hydrogen-bond donors (Lipinski definition) is 1. The van der Waals surface area contributed by atoms with Crippen molar-refractivity contribution in [3.8, 4) is 5.75 Å². The van der Waals surface area contributed by atoms with E-state index in [1.165, 1.54) is 36.3 Å². The molecule has 8 nitrogen and oxygen atoms in total. The van der Waals surface area contributed by atoms with Gasteiger partial charge in [0.15, 0.2) is 0 Å². The summed E-state index contributed by atoms with van der Waals surface area (Å²) in [6.45, 7) is 6.31. The molecule has 190 valence electrons. The zero-order valence-electron chi connectivity index (χ0n) is 21.1. The molecule has 1 aliphatic heterocycles. The lowest BCUT2D eigenvalue weighted by Crippen LogP contribution is -2.29. The van der Waals surface area contributed by atoms with Crippen molar-refractivity contribution in [2.45, 2.75) is 38.8 Å². The first kappa shape index (κ1) is 25.6. The Morgan fingerprint density at radius 1 is 1.03 bits per heavy atom. The van der Waals surface area contributed by atoms with Crippen molar-refractivity contribution in [3.63, 3.8) is 0 Å². The zero-order valence-corrected chi connectivity index (χ0v) is 21.1. The summed E-state index contributed by atoms with van der Waals surface area (Å²) in [6.07, 6.45) is 0. The van der Waals surface area contributed by atoms with Crippen LogP contribution in [0.5, 0.6) is 5.75 Å². The van der Waals surface area contributed by atoms with Crippen LogP contribution in [0.3, 0.4) is 0 Å². The molecule has 1 amide bonds. The SMILES string of the molecule is COc1ccccc1CN1C(=O)C(=O)/C(=C(\O)c2cccc([N+](=O)[O-])c2)C1c1ccc(C(C)(C)C)cc1. The molecule has 1 saturated heterocycles. The summed E-state index contributed by atoms with van der Waals surface area (Å²) in [7, 11) is 1.53. The molecule has 1 heterocycles. The minimum Gasteiger partial charge on any atom is -0.507 e. The van der Waals surface area contributed by atoms with E-state index >= 15 is 0 Å². The van der Waals surface area contributed by atoms with Gasteiger partial charge in [-0.1, -0.05) is 75.4 Å². The number of aliphatic hydroxyl groups is 1. The minimum atomic E-state index is -0.904. The quantitative estimate of drug-likeness (QED) is 0.157. The number of carbonyl (C=O) groups is 2. The highest BCUT2D eigenvalue weighted by atomic mass is 16.6. The van der Waals surface area contributed by atoms with Gasteiger partial charge in [0.05, 0.1) is 30.2 Å². The Balaban J connectivity index is 1.89. The van der Waals surface area contributed by atoms with E-state index in [-0.39, 0.29) is 28.8 Å². The molecule has 1 N–H and O–H groups in total. The maximum absolute atomic E-state index is 13.3. The van der Waals surface area contributed by atoms with Gasteiger partial charge in [-0.3, -0.25) is 19.7 Å². The molecule has 1 unspecified atom stereocenters. The highest BCUT2D eigenvalue weighted by Crippen LogP contribution is 2.41. The summed E-state index contributed by atoms with van der Waals surface area (Å²) in [5.74, 6) is -1.54. The van der Waals surface area contributed by atoms with Gasteiger partial charge in [-0.15, -0.1) is 0 Å². The summed E-state index contributed by atoms with van der Waals surface area (Å²) < 4.78 is 5.44. The molecule has 0 saturated carbocycles. The number of nitro groups is 1. The molecular formula is C29H28N2O6. The second-order valence-electron chi connectivity index (χ2n) is 9.92. The van der Waals surface area contributed by atoms with Gasteiger partial charge in [0, 0.05) is 23.3 Å². The van der Waals surface area contributed by atoms with Gasteiger partial charge in [0.1, 0.15) is 11.5 Å². The lowest BCUT2D eigenvalue weighted by Gasteiger charge is -2.27.